The monoisotopic (exact) mass is 369 g/mol. The Hall–Kier alpha value is -1.26. The molecule has 1 amide bonds. The second kappa shape index (κ2) is 5.92. The highest BCUT2D eigenvalue weighted by molar-refractivity contribution is 6.42. The van der Waals surface area contributed by atoms with Crippen LogP contribution >= 0.6 is 23.2 Å². The van der Waals surface area contributed by atoms with E-state index in [1.165, 1.54) is 0 Å². The maximum Gasteiger partial charge on any atom is 0.410 e. The summed E-state index contributed by atoms with van der Waals surface area (Å²) in [7, 11) is 0. The van der Waals surface area contributed by atoms with Crippen LogP contribution in [-0.2, 0) is 14.9 Å². The van der Waals surface area contributed by atoms with Crippen molar-refractivity contribution in [2.45, 2.75) is 38.2 Å². The molecule has 1 heterocycles. The molecule has 1 aromatic rings. The second-order valence-electron chi connectivity index (χ2n) is 7.61. The number of likely N-dealkylation sites (tertiary alicyclic amines) is 1. The molecule has 2 aliphatic rings. The lowest BCUT2D eigenvalue weighted by atomic mass is 9.93. The Balaban J connectivity index is 1.79. The zero-order valence-electron chi connectivity index (χ0n) is 14.0. The molecule has 0 bridgehead atoms. The summed E-state index contributed by atoms with van der Waals surface area (Å²) in [6.45, 7) is 6.67. The average molecular weight is 370 g/mol. The maximum atomic E-state index is 12.3. The number of benzene rings is 1. The molecule has 1 saturated carbocycles. The third-order valence-electron chi connectivity index (χ3n) is 5.00. The quantitative estimate of drug-likeness (QED) is 0.729. The van der Waals surface area contributed by atoms with E-state index in [1.807, 2.05) is 26.8 Å². The van der Waals surface area contributed by atoms with Crippen LogP contribution in [0.4, 0.5) is 4.79 Å². The second-order valence-corrected chi connectivity index (χ2v) is 8.42. The lowest BCUT2D eigenvalue weighted by Crippen LogP contribution is -2.40. The molecule has 0 aromatic heterocycles. The number of amides is 1. The van der Waals surface area contributed by atoms with E-state index in [2.05, 4.69) is 0 Å². The minimum Gasteiger partial charge on any atom is -0.444 e. The van der Waals surface area contributed by atoms with E-state index in [-0.39, 0.29) is 17.9 Å². The number of aldehydes is 1. The SMILES string of the molecule is CC(C)(C)OC(=O)N1CCC2C(C1)C2(C=O)c1ccc(Cl)c(Cl)c1. The average Bonchev–Trinajstić information content (AvgIpc) is 3.16. The van der Waals surface area contributed by atoms with Gasteiger partial charge in [-0.15, -0.1) is 0 Å². The molecule has 1 aliphatic carbocycles. The van der Waals surface area contributed by atoms with E-state index in [4.69, 9.17) is 27.9 Å². The van der Waals surface area contributed by atoms with Crippen molar-refractivity contribution in [1.29, 1.82) is 0 Å². The van der Waals surface area contributed by atoms with Crippen molar-refractivity contribution in [3.8, 4) is 0 Å². The van der Waals surface area contributed by atoms with Crippen molar-refractivity contribution in [3.05, 3.63) is 33.8 Å². The van der Waals surface area contributed by atoms with Crippen LogP contribution in [-0.4, -0.2) is 36.0 Å². The van der Waals surface area contributed by atoms with Crippen molar-refractivity contribution < 1.29 is 14.3 Å². The first kappa shape index (κ1) is 17.6. The molecule has 3 unspecified atom stereocenters. The lowest BCUT2D eigenvalue weighted by Gasteiger charge is -2.29. The summed E-state index contributed by atoms with van der Waals surface area (Å²) in [5, 5.41) is 0.920. The van der Waals surface area contributed by atoms with Gasteiger partial charge in [0.2, 0.25) is 0 Å². The molecule has 0 spiro atoms. The maximum absolute atomic E-state index is 12.3. The number of nitrogens with zero attached hydrogens (tertiary/aromatic N) is 1. The van der Waals surface area contributed by atoms with Gasteiger partial charge in [0, 0.05) is 13.1 Å². The van der Waals surface area contributed by atoms with Crippen LogP contribution < -0.4 is 0 Å². The predicted molar refractivity (Wildman–Crippen MR) is 93.6 cm³/mol. The van der Waals surface area contributed by atoms with Crippen molar-refractivity contribution in [1.82, 2.24) is 4.90 Å². The van der Waals surface area contributed by atoms with Crippen LogP contribution in [0.1, 0.15) is 32.8 Å². The number of hydrogen-bond donors (Lipinski definition) is 0. The van der Waals surface area contributed by atoms with Gasteiger partial charge >= 0.3 is 6.09 Å². The van der Waals surface area contributed by atoms with E-state index in [1.54, 1.807) is 17.0 Å². The van der Waals surface area contributed by atoms with E-state index in [0.29, 0.717) is 23.1 Å². The van der Waals surface area contributed by atoms with E-state index in [9.17, 15) is 9.59 Å². The van der Waals surface area contributed by atoms with Crippen molar-refractivity contribution in [3.63, 3.8) is 0 Å². The number of hydrogen-bond acceptors (Lipinski definition) is 3. The molecular weight excluding hydrogens is 349 g/mol. The number of carbonyl (C=O) groups excluding carboxylic acids is 2. The standard InChI is InChI=1S/C18H21Cl2NO3/c1-17(2,3)24-16(23)21-7-6-12-13(9-21)18(12,10-22)11-4-5-14(19)15(20)8-11/h4-5,8,10,12-13H,6-7,9H2,1-3H3. The highest BCUT2D eigenvalue weighted by Crippen LogP contribution is 2.62. The molecule has 1 aromatic carbocycles. The highest BCUT2D eigenvalue weighted by Gasteiger charge is 2.67. The van der Waals surface area contributed by atoms with E-state index >= 15 is 0 Å². The van der Waals surface area contributed by atoms with Crippen LogP contribution in [0.3, 0.4) is 0 Å². The topological polar surface area (TPSA) is 46.6 Å². The number of fused-ring (bicyclic) bond motifs is 1. The summed E-state index contributed by atoms with van der Waals surface area (Å²) in [6, 6.07) is 5.35. The van der Waals surface area contributed by atoms with Gasteiger partial charge in [-0.05, 0) is 56.7 Å². The normalized spacial score (nSPS) is 29.0. The van der Waals surface area contributed by atoms with Gasteiger partial charge in [0.1, 0.15) is 11.9 Å². The highest BCUT2D eigenvalue weighted by atomic mass is 35.5. The van der Waals surface area contributed by atoms with Gasteiger partial charge in [0.05, 0.1) is 15.5 Å². The third-order valence-corrected chi connectivity index (χ3v) is 5.74. The molecule has 3 rings (SSSR count). The molecule has 6 heteroatoms. The molecule has 0 N–H and O–H groups in total. The van der Waals surface area contributed by atoms with Crippen molar-refractivity contribution in [2.75, 3.05) is 13.1 Å². The molecule has 4 nitrogen and oxygen atoms in total. The lowest BCUT2D eigenvalue weighted by molar-refractivity contribution is -0.110. The Morgan fingerprint density at radius 1 is 1.29 bits per heavy atom. The Morgan fingerprint density at radius 3 is 2.58 bits per heavy atom. The van der Waals surface area contributed by atoms with Gasteiger partial charge in [-0.2, -0.15) is 0 Å². The van der Waals surface area contributed by atoms with Gasteiger partial charge in [-0.1, -0.05) is 29.3 Å². The Morgan fingerprint density at radius 2 is 2.00 bits per heavy atom. The molecule has 2 fully saturated rings. The van der Waals surface area contributed by atoms with Gasteiger partial charge in [-0.3, -0.25) is 0 Å². The first-order valence-corrected chi connectivity index (χ1v) is 8.84. The van der Waals surface area contributed by atoms with Crippen LogP contribution in [0.25, 0.3) is 0 Å². The number of carbonyl (C=O) groups is 2. The minimum atomic E-state index is -0.564. The largest absolute Gasteiger partial charge is 0.444 e. The van der Waals surface area contributed by atoms with Gasteiger partial charge in [0.15, 0.2) is 0 Å². The van der Waals surface area contributed by atoms with Crippen LogP contribution in [0.2, 0.25) is 10.0 Å². The van der Waals surface area contributed by atoms with Crippen molar-refractivity contribution in [2.24, 2.45) is 11.8 Å². The van der Waals surface area contributed by atoms with Crippen molar-refractivity contribution >= 4 is 35.6 Å². The molecular formula is C18H21Cl2NO3. The van der Waals surface area contributed by atoms with E-state index in [0.717, 1.165) is 18.3 Å². The van der Waals surface area contributed by atoms with Gasteiger partial charge in [-0.25, -0.2) is 4.79 Å². The summed E-state index contributed by atoms with van der Waals surface area (Å²) in [6.07, 6.45) is 1.48. The summed E-state index contributed by atoms with van der Waals surface area (Å²) in [5.41, 5.74) is -0.207. The number of rotatable bonds is 2. The van der Waals surface area contributed by atoms with Crippen LogP contribution in [0, 0.1) is 11.8 Å². The van der Waals surface area contributed by atoms with Crippen LogP contribution in [0.5, 0.6) is 0 Å². The molecule has 3 atom stereocenters. The Labute approximate surface area is 152 Å². The molecule has 1 aliphatic heterocycles. The zero-order valence-corrected chi connectivity index (χ0v) is 15.5. The summed E-state index contributed by atoms with van der Waals surface area (Å²) < 4.78 is 5.45. The fourth-order valence-electron chi connectivity index (χ4n) is 3.83. The Bertz CT molecular complexity index is 685. The van der Waals surface area contributed by atoms with Crippen LogP contribution in [0.15, 0.2) is 18.2 Å². The van der Waals surface area contributed by atoms with Gasteiger partial charge in [0.25, 0.3) is 0 Å². The first-order valence-electron chi connectivity index (χ1n) is 8.09. The molecule has 24 heavy (non-hydrogen) atoms. The fraction of sp³-hybridized carbons (Fsp3) is 0.556. The van der Waals surface area contributed by atoms with E-state index < -0.39 is 11.0 Å². The summed E-state index contributed by atoms with van der Waals surface area (Å²) in [4.78, 5) is 25.9. The zero-order chi connectivity index (χ0) is 17.7. The minimum absolute atomic E-state index is 0.105. The Kier molecular flexibility index (Phi) is 4.33. The smallest absolute Gasteiger partial charge is 0.410 e. The summed E-state index contributed by atoms with van der Waals surface area (Å²) >= 11 is 12.1. The number of halogens is 2. The predicted octanol–water partition coefficient (Wildman–Crippen LogP) is 4.32. The first-order chi connectivity index (χ1) is 11.2. The number of piperidine rings is 1. The molecule has 130 valence electrons. The summed E-state index contributed by atoms with van der Waals surface area (Å²) in [5.74, 6) is 0.347. The molecule has 1 saturated heterocycles. The van der Waals surface area contributed by atoms with Gasteiger partial charge < -0.3 is 14.4 Å². The number of ether oxygens (including phenoxy) is 1. The third kappa shape index (κ3) is 2.91. The fourth-order valence-corrected chi connectivity index (χ4v) is 4.13. The molecule has 0 radical (unpaired) electrons.